The molecule has 3 heteroatoms. The summed E-state index contributed by atoms with van der Waals surface area (Å²) < 4.78 is 5.90. The summed E-state index contributed by atoms with van der Waals surface area (Å²) in [5, 5.41) is 12.8. The van der Waals surface area contributed by atoms with Gasteiger partial charge in [0.05, 0.1) is 6.10 Å². The van der Waals surface area contributed by atoms with Crippen LogP contribution < -0.4 is 10.1 Å². The van der Waals surface area contributed by atoms with Gasteiger partial charge in [-0.05, 0) is 49.9 Å². The van der Waals surface area contributed by atoms with Gasteiger partial charge in [-0.15, -0.1) is 0 Å². The maximum absolute atomic E-state index is 9.36. The Morgan fingerprint density at radius 1 is 1.19 bits per heavy atom. The van der Waals surface area contributed by atoms with Gasteiger partial charge >= 0.3 is 0 Å². The fourth-order valence-electron chi connectivity index (χ4n) is 2.96. The van der Waals surface area contributed by atoms with Gasteiger partial charge in [-0.25, -0.2) is 0 Å². The molecule has 2 fully saturated rings. The van der Waals surface area contributed by atoms with Crippen molar-refractivity contribution in [2.45, 2.75) is 18.9 Å². The third kappa shape index (κ3) is 1.87. The maximum atomic E-state index is 9.36. The highest BCUT2D eigenvalue weighted by Crippen LogP contribution is 2.36. The van der Waals surface area contributed by atoms with E-state index >= 15 is 0 Å². The number of phenolic OH excluding ortho intramolecular Hbond substituents is 1. The first-order valence-corrected chi connectivity index (χ1v) is 5.97. The monoisotopic (exact) mass is 219 g/mol. The molecule has 0 aromatic heterocycles. The van der Waals surface area contributed by atoms with E-state index in [0.717, 1.165) is 43.5 Å². The number of aromatic hydroxyl groups is 1. The lowest BCUT2D eigenvalue weighted by atomic mass is 10.0. The van der Waals surface area contributed by atoms with Crippen molar-refractivity contribution in [3.8, 4) is 11.5 Å². The van der Waals surface area contributed by atoms with Gasteiger partial charge in [-0.3, -0.25) is 0 Å². The highest BCUT2D eigenvalue weighted by molar-refractivity contribution is 5.31. The smallest absolute Gasteiger partial charge is 0.123 e. The third-order valence-electron chi connectivity index (χ3n) is 3.73. The van der Waals surface area contributed by atoms with E-state index in [1.165, 1.54) is 0 Å². The Kier molecular flexibility index (Phi) is 2.48. The average molecular weight is 219 g/mol. The van der Waals surface area contributed by atoms with Crippen LogP contribution in [-0.2, 0) is 0 Å². The molecule has 2 N–H and O–H groups in total. The lowest BCUT2D eigenvalue weighted by molar-refractivity contribution is 0.198. The standard InChI is InChI=1S/C13H17NO2/c15-11-2-1-3-12(6-11)16-13-4-9-7-14-8-10(9)5-13/h1-3,6,9-10,13-15H,4-5,7-8H2. The van der Waals surface area contributed by atoms with Crippen LogP contribution in [0.1, 0.15) is 12.8 Å². The topological polar surface area (TPSA) is 41.5 Å². The first-order valence-electron chi connectivity index (χ1n) is 5.97. The summed E-state index contributed by atoms with van der Waals surface area (Å²) in [5.41, 5.74) is 0. The molecular weight excluding hydrogens is 202 g/mol. The summed E-state index contributed by atoms with van der Waals surface area (Å²) in [4.78, 5) is 0. The van der Waals surface area contributed by atoms with Gasteiger partial charge in [-0.2, -0.15) is 0 Å². The van der Waals surface area contributed by atoms with E-state index in [2.05, 4.69) is 5.32 Å². The summed E-state index contributed by atoms with van der Waals surface area (Å²) >= 11 is 0. The van der Waals surface area contributed by atoms with Crippen molar-refractivity contribution in [1.29, 1.82) is 0 Å². The summed E-state index contributed by atoms with van der Waals surface area (Å²) in [7, 11) is 0. The largest absolute Gasteiger partial charge is 0.508 e. The van der Waals surface area contributed by atoms with E-state index in [0.29, 0.717) is 6.10 Å². The average Bonchev–Trinajstić information content (AvgIpc) is 2.77. The van der Waals surface area contributed by atoms with Gasteiger partial charge < -0.3 is 15.2 Å². The highest BCUT2D eigenvalue weighted by Gasteiger charge is 2.38. The number of phenols is 1. The Labute approximate surface area is 95.4 Å². The van der Waals surface area contributed by atoms with E-state index < -0.39 is 0 Å². The van der Waals surface area contributed by atoms with E-state index in [4.69, 9.17) is 4.74 Å². The van der Waals surface area contributed by atoms with Crippen LogP contribution in [0.15, 0.2) is 24.3 Å². The van der Waals surface area contributed by atoms with Crippen molar-refractivity contribution < 1.29 is 9.84 Å². The summed E-state index contributed by atoms with van der Waals surface area (Å²) in [6.07, 6.45) is 2.62. The van der Waals surface area contributed by atoms with Crippen molar-refractivity contribution in [1.82, 2.24) is 5.32 Å². The number of benzene rings is 1. The lowest BCUT2D eigenvalue weighted by Crippen LogP contribution is -2.18. The Morgan fingerprint density at radius 2 is 1.94 bits per heavy atom. The number of ether oxygens (including phenoxy) is 1. The molecule has 0 amide bonds. The van der Waals surface area contributed by atoms with Crippen molar-refractivity contribution in [2.75, 3.05) is 13.1 Å². The van der Waals surface area contributed by atoms with E-state index in [1.54, 1.807) is 12.1 Å². The minimum absolute atomic E-state index is 0.275. The van der Waals surface area contributed by atoms with Gasteiger partial charge in [0.25, 0.3) is 0 Å². The molecule has 3 rings (SSSR count). The number of nitrogens with one attached hydrogen (secondary N) is 1. The van der Waals surface area contributed by atoms with Crippen LogP contribution >= 0.6 is 0 Å². The molecular formula is C13H17NO2. The second-order valence-electron chi connectivity index (χ2n) is 4.89. The molecule has 1 aliphatic heterocycles. The zero-order chi connectivity index (χ0) is 11.0. The van der Waals surface area contributed by atoms with E-state index in [9.17, 15) is 5.11 Å². The second-order valence-corrected chi connectivity index (χ2v) is 4.89. The van der Waals surface area contributed by atoms with Gasteiger partial charge in [0, 0.05) is 6.07 Å². The van der Waals surface area contributed by atoms with Gasteiger partial charge in [0.2, 0.25) is 0 Å². The molecule has 1 aromatic carbocycles. The second kappa shape index (κ2) is 3.98. The molecule has 1 aliphatic carbocycles. The van der Waals surface area contributed by atoms with Crippen molar-refractivity contribution in [3.63, 3.8) is 0 Å². The normalized spacial score (nSPS) is 32.6. The minimum atomic E-state index is 0.275. The maximum Gasteiger partial charge on any atom is 0.123 e. The molecule has 0 bridgehead atoms. The van der Waals surface area contributed by atoms with Crippen LogP contribution in [0, 0.1) is 11.8 Å². The van der Waals surface area contributed by atoms with Crippen LogP contribution in [0.2, 0.25) is 0 Å². The van der Waals surface area contributed by atoms with Gasteiger partial charge in [-0.1, -0.05) is 6.07 Å². The molecule has 2 atom stereocenters. The summed E-state index contributed by atoms with van der Waals surface area (Å²) in [6, 6.07) is 7.08. The minimum Gasteiger partial charge on any atom is -0.508 e. The lowest BCUT2D eigenvalue weighted by Gasteiger charge is -2.14. The Bertz CT molecular complexity index is 368. The van der Waals surface area contributed by atoms with Crippen LogP contribution in [0.4, 0.5) is 0 Å². The molecule has 86 valence electrons. The van der Waals surface area contributed by atoms with Crippen LogP contribution in [-0.4, -0.2) is 24.3 Å². The molecule has 3 nitrogen and oxygen atoms in total. The van der Waals surface area contributed by atoms with Gasteiger partial charge in [0.15, 0.2) is 0 Å². The zero-order valence-corrected chi connectivity index (χ0v) is 9.23. The van der Waals surface area contributed by atoms with Crippen molar-refractivity contribution >= 4 is 0 Å². The number of hydrogen-bond donors (Lipinski definition) is 2. The zero-order valence-electron chi connectivity index (χ0n) is 9.23. The van der Waals surface area contributed by atoms with Gasteiger partial charge in [0.1, 0.15) is 11.5 Å². The summed E-state index contributed by atoms with van der Waals surface area (Å²) in [6.45, 7) is 2.29. The highest BCUT2D eigenvalue weighted by atomic mass is 16.5. The quantitative estimate of drug-likeness (QED) is 0.796. The molecule has 1 saturated heterocycles. The van der Waals surface area contributed by atoms with Crippen LogP contribution in [0.5, 0.6) is 11.5 Å². The molecule has 16 heavy (non-hydrogen) atoms. The summed E-state index contributed by atoms with van der Waals surface area (Å²) in [5.74, 6) is 2.65. The Balaban J connectivity index is 1.64. The number of rotatable bonds is 2. The predicted molar refractivity (Wildman–Crippen MR) is 61.6 cm³/mol. The van der Waals surface area contributed by atoms with Crippen LogP contribution in [0.25, 0.3) is 0 Å². The van der Waals surface area contributed by atoms with E-state index in [1.807, 2.05) is 12.1 Å². The first kappa shape index (κ1) is 9.97. The SMILES string of the molecule is Oc1cccc(OC2CC3CNCC3C2)c1. The van der Waals surface area contributed by atoms with Crippen LogP contribution in [0.3, 0.4) is 0 Å². The molecule has 2 unspecified atom stereocenters. The number of fused-ring (bicyclic) bond motifs is 1. The van der Waals surface area contributed by atoms with Crippen molar-refractivity contribution in [2.24, 2.45) is 11.8 Å². The molecule has 1 aromatic rings. The Morgan fingerprint density at radius 3 is 2.62 bits per heavy atom. The fourth-order valence-corrected chi connectivity index (χ4v) is 2.96. The Hall–Kier alpha value is -1.22. The van der Waals surface area contributed by atoms with Crippen molar-refractivity contribution in [3.05, 3.63) is 24.3 Å². The molecule has 0 spiro atoms. The molecule has 1 heterocycles. The fraction of sp³-hybridized carbons (Fsp3) is 0.538. The molecule has 0 radical (unpaired) electrons. The number of hydrogen-bond acceptors (Lipinski definition) is 3. The molecule has 1 saturated carbocycles. The molecule has 2 aliphatic rings. The third-order valence-corrected chi connectivity index (χ3v) is 3.73. The van der Waals surface area contributed by atoms with E-state index in [-0.39, 0.29) is 5.75 Å². The predicted octanol–water partition coefficient (Wildman–Crippen LogP) is 1.77. The first-order chi connectivity index (χ1) is 7.81.